The normalized spacial score (nSPS) is 12.4. The maximum absolute atomic E-state index is 12.0. The molecule has 4 nitrogen and oxygen atoms in total. The molecule has 0 bridgehead atoms. The second-order valence-corrected chi connectivity index (χ2v) is 8.02. The van der Waals surface area contributed by atoms with Gasteiger partial charge in [0.05, 0.1) is 5.56 Å². The van der Waals surface area contributed by atoms with E-state index in [1.807, 2.05) is 20.8 Å². The van der Waals surface area contributed by atoms with E-state index >= 15 is 0 Å². The molecule has 1 amide bonds. The Bertz CT molecular complexity index is 532. The van der Waals surface area contributed by atoms with Crippen molar-refractivity contribution in [3.05, 3.63) is 17.0 Å². The Labute approximate surface area is 116 Å². The first kappa shape index (κ1) is 15.5. The lowest BCUT2D eigenvalue weighted by molar-refractivity contribution is 0.0901. The van der Waals surface area contributed by atoms with Crippen molar-refractivity contribution >= 4 is 37.0 Å². The van der Waals surface area contributed by atoms with Crippen molar-refractivity contribution in [3.8, 4) is 0 Å². The van der Waals surface area contributed by atoms with E-state index in [2.05, 4.69) is 5.32 Å². The van der Waals surface area contributed by atoms with Crippen molar-refractivity contribution in [1.82, 2.24) is 5.32 Å². The van der Waals surface area contributed by atoms with Gasteiger partial charge < -0.3 is 5.32 Å². The average molecular weight is 310 g/mol. The van der Waals surface area contributed by atoms with Crippen LogP contribution in [0.15, 0.2) is 15.7 Å². The highest BCUT2D eigenvalue weighted by atomic mass is 35.7. The number of hydrogen-bond acceptors (Lipinski definition) is 4. The van der Waals surface area contributed by atoms with Gasteiger partial charge in [0, 0.05) is 21.6 Å². The first-order valence-electron chi connectivity index (χ1n) is 5.57. The number of rotatable bonds is 5. The number of amides is 1. The van der Waals surface area contributed by atoms with Gasteiger partial charge in [0.2, 0.25) is 0 Å². The fourth-order valence-corrected chi connectivity index (χ4v) is 3.28. The van der Waals surface area contributed by atoms with E-state index in [1.54, 1.807) is 0 Å². The van der Waals surface area contributed by atoms with Gasteiger partial charge in [-0.1, -0.05) is 13.8 Å². The lowest BCUT2D eigenvalue weighted by atomic mass is 9.95. The molecule has 7 heteroatoms. The molecule has 0 aliphatic heterocycles. The third-order valence-corrected chi connectivity index (χ3v) is 6.09. The van der Waals surface area contributed by atoms with Crippen LogP contribution in [-0.4, -0.2) is 19.9 Å². The molecule has 1 aromatic rings. The zero-order chi connectivity index (χ0) is 14.0. The number of carbonyl (C=O) groups excluding carboxylic acids is 1. The second-order valence-electron chi connectivity index (χ2n) is 4.31. The first-order chi connectivity index (χ1) is 8.22. The molecule has 0 unspecified atom stereocenters. The number of hydrogen-bond donors (Lipinski definition) is 1. The molecule has 0 spiro atoms. The highest BCUT2D eigenvalue weighted by molar-refractivity contribution is 8.15. The summed E-state index contributed by atoms with van der Waals surface area (Å²) in [5.41, 5.74) is 0.0475. The molecule has 0 saturated carbocycles. The Morgan fingerprint density at radius 1 is 1.44 bits per heavy atom. The van der Waals surface area contributed by atoms with Gasteiger partial charge in [0.25, 0.3) is 15.0 Å². The van der Waals surface area contributed by atoms with Crippen LogP contribution in [0.3, 0.4) is 0 Å². The van der Waals surface area contributed by atoms with Gasteiger partial charge in [-0.25, -0.2) is 8.42 Å². The predicted molar refractivity (Wildman–Crippen MR) is 73.8 cm³/mol. The molecule has 0 aromatic carbocycles. The Morgan fingerprint density at radius 3 is 2.39 bits per heavy atom. The largest absolute Gasteiger partial charge is 0.347 e. The number of thiophene rings is 1. The summed E-state index contributed by atoms with van der Waals surface area (Å²) in [7, 11) is 1.46. The van der Waals surface area contributed by atoms with E-state index < -0.39 is 9.05 Å². The third kappa shape index (κ3) is 3.70. The molecule has 102 valence electrons. The maximum Gasteiger partial charge on any atom is 0.270 e. The van der Waals surface area contributed by atoms with Gasteiger partial charge in [-0.3, -0.25) is 4.79 Å². The van der Waals surface area contributed by atoms with E-state index in [-0.39, 0.29) is 15.7 Å². The molecule has 0 fully saturated rings. The Kier molecular flexibility index (Phi) is 4.80. The van der Waals surface area contributed by atoms with Crippen LogP contribution in [0.5, 0.6) is 0 Å². The maximum atomic E-state index is 12.0. The number of halogens is 1. The van der Waals surface area contributed by atoms with Gasteiger partial charge in [-0.15, -0.1) is 11.3 Å². The summed E-state index contributed by atoms with van der Waals surface area (Å²) in [6.07, 6.45) is 1.61. The van der Waals surface area contributed by atoms with Crippen molar-refractivity contribution in [2.24, 2.45) is 0 Å². The van der Waals surface area contributed by atoms with Crippen molar-refractivity contribution in [2.45, 2.75) is 43.4 Å². The van der Waals surface area contributed by atoms with Crippen LogP contribution in [0.2, 0.25) is 0 Å². The minimum atomic E-state index is -3.76. The zero-order valence-electron chi connectivity index (χ0n) is 10.5. The summed E-state index contributed by atoms with van der Waals surface area (Å²) in [4.78, 5) is 12.0. The fourth-order valence-electron chi connectivity index (χ4n) is 1.34. The molecular formula is C11H16ClNO3S2. The van der Waals surface area contributed by atoms with Gasteiger partial charge in [0.1, 0.15) is 4.21 Å². The quantitative estimate of drug-likeness (QED) is 0.850. The Morgan fingerprint density at radius 2 is 2.00 bits per heavy atom. The SMILES string of the molecule is CCC(C)(CC)NC(=O)c1csc(S(=O)(=O)Cl)c1. The van der Waals surface area contributed by atoms with Crippen LogP contribution < -0.4 is 5.32 Å². The third-order valence-electron chi connectivity index (χ3n) is 3.05. The summed E-state index contributed by atoms with van der Waals surface area (Å²) < 4.78 is 22.2. The monoisotopic (exact) mass is 309 g/mol. The minimum Gasteiger partial charge on any atom is -0.347 e. The minimum absolute atomic E-state index is 0.0102. The van der Waals surface area contributed by atoms with Gasteiger partial charge in [-0.05, 0) is 25.8 Å². The topological polar surface area (TPSA) is 63.2 Å². The van der Waals surface area contributed by atoms with Crippen molar-refractivity contribution in [3.63, 3.8) is 0 Å². The summed E-state index contributed by atoms with van der Waals surface area (Å²) in [6.45, 7) is 5.94. The molecule has 0 atom stereocenters. The molecule has 1 rings (SSSR count). The lowest BCUT2D eigenvalue weighted by Crippen LogP contribution is -2.44. The molecule has 1 heterocycles. The molecule has 1 N–H and O–H groups in total. The lowest BCUT2D eigenvalue weighted by Gasteiger charge is -2.27. The molecule has 0 aliphatic rings. The van der Waals surface area contributed by atoms with Gasteiger partial charge in [-0.2, -0.15) is 0 Å². The fraction of sp³-hybridized carbons (Fsp3) is 0.545. The molecule has 18 heavy (non-hydrogen) atoms. The van der Waals surface area contributed by atoms with Crippen molar-refractivity contribution < 1.29 is 13.2 Å². The predicted octanol–water partition coefficient (Wildman–Crippen LogP) is 2.98. The Balaban J connectivity index is 2.90. The summed E-state index contributed by atoms with van der Waals surface area (Å²) in [5.74, 6) is -0.274. The standard InChI is InChI=1S/C11H16ClNO3S2/c1-4-11(3,5-2)13-10(14)8-6-9(17-7-8)18(12,15)16/h6-7H,4-5H2,1-3H3,(H,13,14). The summed E-state index contributed by atoms with van der Waals surface area (Å²) >= 11 is 0.945. The van der Waals surface area contributed by atoms with E-state index in [9.17, 15) is 13.2 Å². The summed E-state index contributed by atoms with van der Waals surface area (Å²) in [6, 6.07) is 1.30. The Hall–Kier alpha value is -0.590. The number of nitrogens with one attached hydrogen (secondary N) is 1. The highest BCUT2D eigenvalue weighted by Crippen LogP contribution is 2.24. The van der Waals surface area contributed by atoms with Crippen LogP contribution in [0.25, 0.3) is 0 Å². The van der Waals surface area contributed by atoms with Crippen LogP contribution in [-0.2, 0) is 9.05 Å². The van der Waals surface area contributed by atoms with Gasteiger partial charge in [0.15, 0.2) is 0 Å². The van der Waals surface area contributed by atoms with E-state index in [0.717, 1.165) is 24.2 Å². The van der Waals surface area contributed by atoms with E-state index in [1.165, 1.54) is 11.4 Å². The smallest absolute Gasteiger partial charge is 0.270 e. The summed E-state index contributed by atoms with van der Waals surface area (Å²) in [5, 5.41) is 4.40. The molecule has 1 aromatic heterocycles. The van der Waals surface area contributed by atoms with E-state index in [4.69, 9.17) is 10.7 Å². The average Bonchev–Trinajstić information content (AvgIpc) is 2.77. The molecule has 0 aliphatic carbocycles. The van der Waals surface area contributed by atoms with Crippen LogP contribution in [0, 0.1) is 0 Å². The second kappa shape index (κ2) is 5.59. The van der Waals surface area contributed by atoms with Crippen molar-refractivity contribution in [1.29, 1.82) is 0 Å². The number of carbonyl (C=O) groups is 1. The van der Waals surface area contributed by atoms with Crippen molar-refractivity contribution in [2.75, 3.05) is 0 Å². The van der Waals surface area contributed by atoms with Gasteiger partial charge >= 0.3 is 0 Å². The molecule has 0 saturated heterocycles. The van der Waals surface area contributed by atoms with Crippen LogP contribution >= 0.6 is 22.0 Å². The van der Waals surface area contributed by atoms with E-state index in [0.29, 0.717) is 5.56 Å². The first-order valence-corrected chi connectivity index (χ1v) is 8.76. The highest BCUT2D eigenvalue weighted by Gasteiger charge is 2.24. The van der Waals surface area contributed by atoms with Crippen LogP contribution in [0.1, 0.15) is 44.0 Å². The zero-order valence-corrected chi connectivity index (χ0v) is 12.9. The molecular weight excluding hydrogens is 294 g/mol. The van der Waals surface area contributed by atoms with Crippen LogP contribution in [0.4, 0.5) is 0 Å². The molecule has 0 radical (unpaired) electrons.